The third-order valence-electron chi connectivity index (χ3n) is 4.37. The Morgan fingerprint density at radius 1 is 1.03 bits per heavy atom. The Morgan fingerprint density at radius 3 is 2.00 bits per heavy atom. The fourth-order valence-electron chi connectivity index (χ4n) is 3.08. The molecule has 9 heteroatoms. The molecule has 1 aliphatic carbocycles. The maximum absolute atomic E-state index is 11.5. The first-order valence-electron chi connectivity index (χ1n) is 9.51. The molecule has 1 saturated carbocycles. The van der Waals surface area contributed by atoms with Crippen molar-refractivity contribution in [3.63, 3.8) is 0 Å². The van der Waals surface area contributed by atoms with E-state index in [1.807, 2.05) is 24.5 Å². The van der Waals surface area contributed by atoms with Crippen LogP contribution in [0.3, 0.4) is 0 Å². The Hall–Kier alpha value is -3.20. The summed E-state index contributed by atoms with van der Waals surface area (Å²) in [7, 11) is 1.39. The van der Waals surface area contributed by atoms with Crippen LogP contribution < -0.4 is 5.73 Å². The van der Waals surface area contributed by atoms with E-state index < -0.39 is 11.9 Å². The Morgan fingerprint density at radius 2 is 1.53 bits per heavy atom. The van der Waals surface area contributed by atoms with E-state index in [-0.39, 0.29) is 5.97 Å². The van der Waals surface area contributed by atoms with E-state index in [0.29, 0.717) is 17.6 Å². The lowest BCUT2D eigenvalue weighted by Gasteiger charge is -2.28. The van der Waals surface area contributed by atoms with Crippen molar-refractivity contribution in [2.45, 2.75) is 51.6 Å². The van der Waals surface area contributed by atoms with Gasteiger partial charge in [-0.05, 0) is 37.8 Å². The van der Waals surface area contributed by atoms with Crippen molar-refractivity contribution in [1.82, 2.24) is 9.55 Å². The summed E-state index contributed by atoms with van der Waals surface area (Å²) in [6, 6.07) is 8.17. The fraction of sp³-hybridized carbons (Fsp3) is 0.429. The van der Waals surface area contributed by atoms with Crippen molar-refractivity contribution in [3.05, 3.63) is 42.2 Å². The number of carbonyl (C=O) groups excluding carboxylic acids is 1. The molecule has 0 radical (unpaired) electrons. The molecule has 0 amide bonds. The predicted molar refractivity (Wildman–Crippen MR) is 111 cm³/mol. The lowest BCUT2D eigenvalue weighted by Crippen LogP contribution is -2.27. The minimum Gasteiger partial charge on any atom is -0.481 e. The smallest absolute Gasteiger partial charge is 0.337 e. The van der Waals surface area contributed by atoms with E-state index >= 15 is 0 Å². The van der Waals surface area contributed by atoms with Crippen LogP contribution in [0.4, 0.5) is 0 Å². The first kappa shape index (κ1) is 24.8. The molecule has 0 saturated heterocycles. The van der Waals surface area contributed by atoms with E-state index in [1.54, 1.807) is 12.1 Å². The number of imidazole rings is 1. The zero-order chi connectivity index (χ0) is 22.7. The predicted octanol–water partition coefficient (Wildman–Crippen LogP) is 2.96. The molecule has 0 aliphatic heterocycles. The van der Waals surface area contributed by atoms with Crippen LogP contribution >= 0.6 is 0 Å². The highest BCUT2D eigenvalue weighted by molar-refractivity contribution is 5.89. The fourth-order valence-corrected chi connectivity index (χ4v) is 3.08. The summed E-state index contributed by atoms with van der Waals surface area (Å²) in [5, 5.41) is 14.8. The van der Waals surface area contributed by atoms with Gasteiger partial charge in [0.2, 0.25) is 0 Å². The number of methoxy groups -OCH3 is 1. The number of carboxylic acid groups (broad SMARTS) is 2. The van der Waals surface area contributed by atoms with Crippen LogP contribution in [0.1, 0.15) is 55.9 Å². The summed E-state index contributed by atoms with van der Waals surface area (Å²) in [5.41, 5.74) is 7.55. The Bertz CT molecular complexity index is 804. The van der Waals surface area contributed by atoms with Gasteiger partial charge in [0.05, 0.1) is 12.7 Å². The number of esters is 1. The van der Waals surface area contributed by atoms with Gasteiger partial charge >= 0.3 is 5.97 Å². The summed E-state index contributed by atoms with van der Waals surface area (Å²) >= 11 is 0. The van der Waals surface area contributed by atoms with Crippen LogP contribution in [0.15, 0.2) is 36.7 Å². The maximum Gasteiger partial charge on any atom is 0.337 e. The van der Waals surface area contributed by atoms with Gasteiger partial charge < -0.3 is 25.3 Å². The minimum absolute atomic E-state index is 0.323. The van der Waals surface area contributed by atoms with E-state index in [2.05, 4.69) is 9.55 Å². The molecule has 9 nitrogen and oxygen atoms in total. The number of carboxylic acids is 2. The van der Waals surface area contributed by atoms with Crippen LogP contribution in [-0.2, 0) is 14.3 Å². The molecule has 0 atom stereocenters. The Balaban J connectivity index is 0.000000485. The van der Waals surface area contributed by atoms with Crippen molar-refractivity contribution < 1.29 is 29.3 Å². The number of aromatic nitrogens is 2. The van der Waals surface area contributed by atoms with Gasteiger partial charge in [0.25, 0.3) is 11.9 Å². The van der Waals surface area contributed by atoms with Crippen molar-refractivity contribution in [2.75, 3.05) is 7.11 Å². The number of aliphatic carboxylic acids is 2. The minimum atomic E-state index is -0.833. The second-order valence-corrected chi connectivity index (χ2v) is 6.83. The largest absolute Gasteiger partial charge is 0.481 e. The van der Waals surface area contributed by atoms with Gasteiger partial charge in [-0.1, -0.05) is 12.1 Å². The molecule has 1 aromatic carbocycles. The average molecular weight is 419 g/mol. The van der Waals surface area contributed by atoms with Crippen molar-refractivity contribution in [3.8, 4) is 11.4 Å². The number of nitrogens with two attached hydrogens (primary N) is 1. The summed E-state index contributed by atoms with van der Waals surface area (Å²) in [4.78, 5) is 34.0. The monoisotopic (exact) mass is 419 g/mol. The van der Waals surface area contributed by atoms with Gasteiger partial charge in [-0.3, -0.25) is 9.59 Å². The van der Waals surface area contributed by atoms with Crippen LogP contribution in [-0.4, -0.2) is 50.8 Å². The van der Waals surface area contributed by atoms with Gasteiger partial charge in [0.1, 0.15) is 5.82 Å². The van der Waals surface area contributed by atoms with E-state index in [1.165, 1.54) is 7.11 Å². The third kappa shape index (κ3) is 8.44. The average Bonchev–Trinajstić information content (AvgIpc) is 3.17. The molecular weight excluding hydrogens is 390 g/mol. The number of nitrogens with zero attached hydrogens (tertiary/aromatic N) is 2. The molecule has 4 N–H and O–H groups in total. The zero-order valence-electron chi connectivity index (χ0n) is 17.4. The highest BCUT2D eigenvalue weighted by atomic mass is 16.5. The van der Waals surface area contributed by atoms with Crippen LogP contribution in [0, 0.1) is 0 Å². The van der Waals surface area contributed by atoms with Crippen LogP contribution in [0.2, 0.25) is 0 Å². The molecular formula is C21H29N3O6. The molecule has 1 heterocycles. The van der Waals surface area contributed by atoms with Gasteiger partial charge in [0.15, 0.2) is 0 Å². The zero-order valence-corrected chi connectivity index (χ0v) is 17.4. The Kier molecular flexibility index (Phi) is 10.3. The molecule has 3 rings (SSSR count). The molecule has 0 spiro atoms. The molecule has 1 fully saturated rings. The quantitative estimate of drug-likeness (QED) is 0.644. The lowest BCUT2D eigenvalue weighted by molar-refractivity contribution is -0.135. The highest BCUT2D eigenvalue weighted by Crippen LogP contribution is 2.31. The molecule has 0 bridgehead atoms. The summed E-state index contributed by atoms with van der Waals surface area (Å²) in [6.45, 7) is 2.17. The highest BCUT2D eigenvalue weighted by Gasteiger charge is 2.22. The van der Waals surface area contributed by atoms with Crippen LogP contribution in [0.25, 0.3) is 11.4 Å². The normalized spacial score (nSPS) is 17.5. The number of ether oxygens (including phenoxy) is 1. The molecule has 1 aromatic heterocycles. The third-order valence-corrected chi connectivity index (χ3v) is 4.37. The summed E-state index contributed by atoms with van der Waals surface area (Å²) in [6.07, 6.45) is 8.16. The number of benzene rings is 1. The lowest BCUT2D eigenvalue weighted by atomic mass is 9.91. The maximum atomic E-state index is 11.5. The summed E-state index contributed by atoms with van der Waals surface area (Å²) < 4.78 is 6.96. The van der Waals surface area contributed by atoms with Gasteiger partial charge in [-0.25, -0.2) is 9.78 Å². The number of hydrogen-bond donors (Lipinski definition) is 3. The molecule has 30 heavy (non-hydrogen) atoms. The van der Waals surface area contributed by atoms with Gasteiger partial charge in [-0.2, -0.15) is 0 Å². The second-order valence-electron chi connectivity index (χ2n) is 6.83. The molecule has 164 valence electrons. The second kappa shape index (κ2) is 12.4. The van der Waals surface area contributed by atoms with Crippen LogP contribution in [0.5, 0.6) is 0 Å². The number of carbonyl (C=O) groups is 3. The summed E-state index contributed by atoms with van der Waals surface area (Å²) in [5.74, 6) is -1.05. The Labute approximate surface area is 175 Å². The van der Waals surface area contributed by atoms with Gasteiger partial charge in [-0.15, -0.1) is 0 Å². The van der Waals surface area contributed by atoms with Crippen molar-refractivity contribution in [1.29, 1.82) is 0 Å². The first-order valence-corrected chi connectivity index (χ1v) is 9.51. The molecule has 2 aromatic rings. The first-order chi connectivity index (χ1) is 14.1. The van der Waals surface area contributed by atoms with Crippen molar-refractivity contribution in [2.24, 2.45) is 5.73 Å². The van der Waals surface area contributed by atoms with E-state index in [0.717, 1.165) is 50.9 Å². The molecule has 0 unspecified atom stereocenters. The SMILES string of the molecule is CC(=O)O.CC(=O)O.COC(=O)c1ccc(-c2nccn2C2CCC(N)CC2)cc1. The topological polar surface area (TPSA) is 145 Å². The van der Waals surface area contributed by atoms with E-state index in [9.17, 15) is 4.79 Å². The van der Waals surface area contributed by atoms with Crippen molar-refractivity contribution >= 4 is 17.9 Å². The number of hydrogen-bond acceptors (Lipinski definition) is 6. The number of rotatable bonds is 3. The molecule has 1 aliphatic rings. The van der Waals surface area contributed by atoms with E-state index in [4.69, 9.17) is 30.3 Å². The van der Waals surface area contributed by atoms with Gasteiger partial charge in [0, 0.05) is 43.9 Å². The standard InChI is InChI=1S/C17H21N3O2.2C2H4O2/c1-22-17(21)13-4-2-12(3-5-13)16-19-10-11-20(16)15-8-6-14(18)7-9-15;2*1-2(3)4/h2-5,10-11,14-15H,6-9,18H2,1H3;2*1H3,(H,3,4).